The summed E-state index contributed by atoms with van der Waals surface area (Å²) in [5, 5.41) is 0. The summed E-state index contributed by atoms with van der Waals surface area (Å²) in [6.45, 7) is 9.67. The van der Waals surface area contributed by atoms with Gasteiger partial charge in [-0.3, -0.25) is 4.79 Å². The number of rotatable bonds is 2. The van der Waals surface area contributed by atoms with Crippen molar-refractivity contribution in [2.24, 2.45) is 16.6 Å². The molecular weight excluding hydrogens is 308 g/mol. The molecule has 3 atom stereocenters. The van der Waals surface area contributed by atoms with Crippen LogP contribution in [0.25, 0.3) is 0 Å². The van der Waals surface area contributed by atoms with Gasteiger partial charge >= 0.3 is 0 Å². The van der Waals surface area contributed by atoms with Gasteiger partial charge in [0.15, 0.2) is 0 Å². The molecule has 23 heavy (non-hydrogen) atoms. The predicted molar refractivity (Wildman–Crippen MR) is 96.5 cm³/mol. The van der Waals surface area contributed by atoms with Gasteiger partial charge in [-0.15, -0.1) is 12.4 Å². The third-order valence-corrected chi connectivity index (χ3v) is 5.49. The van der Waals surface area contributed by atoms with Crippen LogP contribution in [0.3, 0.4) is 0 Å². The third-order valence-electron chi connectivity index (χ3n) is 5.49. The second-order valence-electron chi connectivity index (χ2n) is 8.72. The van der Waals surface area contributed by atoms with Crippen LogP contribution in [0.4, 0.5) is 0 Å². The van der Waals surface area contributed by atoms with Crippen molar-refractivity contribution >= 4 is 18.3 Å². The van der Waals surface area contributed by atoms with E-state index in [9.17, 15) is 4.79 Å². The van der Waals surface area contributed by atoms with Crippen molar-refractivity contribution in [3.63, 3.8) is 0 Å². The van der Waals surface area contributed by atoms with Crippen molar-refractivity contribution < 1.29 is 4.79 Å². The summed E-state index contributed by atoms with van der Waals surface area (Å²) in [7, 11) is 0. The van der Waals surface area contributed by atoms with Crippen LogP contribution < -0.4 is 5.73 Å². The van der Waals surface area contributed by atoms with Gasteiger partial charge in [-0.25, -0.2) is 0 Å². The molecule has 1 saturated heterocycles. The maximum Gasteiger partial charge on any atom is 0.247 e. The molecule has 1 heterocycles. The monoisotopic (exact) mass is 336 g/mol. The maximum atomic E-state index is 13.2. The van der Waals surface area contributed by atoms with Gasteiger partial charge in [0.05, 0.1) is 0 Å². The first kappa shape index (κ1) is 18.3. The van der Waals surface area contributed by atoms with E-state index < -0.39 is 5.54 Å². The van der Waals surface area contributed by atoms with E-state index in [-0.39, 0.29) is 23.7 Å². The van der Waals surface area contributed by atoms with Crippen LogP contribution in [0.1, 0.15) is 52.5 Å². The number of amides is 1. The van der Waals surface area contributed by atoms with Gasteiger partial charge in [0.1, 0.15) is 5.54 Å². The average Bonchev–Trinajstić information content (AvgIpc) is 2.68. The second-order valence-corrected chi connectivity index (χ2v) is 8.72. The molecule has 1 amide bonds. The Morgan fingerprint density at radius 3 is 2.43 bits per heavy atom. The first-order chi connectivity index (χ1) is 10.1. The molecule has 2 N–H and O–H groups in total. The highest BCUT2D eigenvalue weighted by Gasteiger charge is 2.53. The lowest BCUT2D eigenvalue weighted by Gasteiger charge is -2.40. The molecular formula is C19H29ClN2O. The van der Waals surface area contributed by atoms with Crippen LogP contribution >= 0.6 is 12.4 Å². The molecule has 0 radical (unpaired) electrons. The standard InChI is InChI=1S/C19H28N2O.ClH/c1-17(2)10-15-11-18(3,12-17)13-21(15)16(22)19(4,20)14-8-6-5-7-9-14;/h5-9,15H,10-13,20H2,1-4H3;1H. The molecule has 2 fully saturated rings. The number of nitrogens with two attached hydrogens (primary N) is 1. The number of hydrogen-bond acceptors (Lipinski definition) is 2. The molecule has 2 bridgehead atoms. The summed E-state index contributed by atoms with van der Waals surface area (Å²) < 4.78 is 0. The summed E-state index contributed by atoms with van der Waals surface area (Å²) >= 11 is 0. The normalized spacial score (nSPS) is 31.2. The SMILES string of the molecule is CC1(C)CC2CC(C)(CN2C(=O)C(C)(N)c2ccccc2)C1.Cl. The van der Waals surface area contributed by atoms with Crippen molar-refractivity contribution in [2.45, 2.75) is 58.5 Å². The molecule has 3 nitrogen and oxygen atoms in total. The van der Waals surface area contributed by atoms with E-state index in [2.05, 4.69) is 25.7 Å². The van der Waals surface area contributed by atoms with Gasteiger partial charge in [-0.1, -0.05) is 51.1 Å². The summed E-state index contributed by atoms with van der Waals surface area (Å²) in [6.07, 6.45) is 3.39. The topological polar surface area (TPSA) is 46.3 Å². The number of fused-ring (bicyclic) bond motifs is 2. The van der Waals surface area contributed by atoms with Gasteiger partial charge in [0.2, 0.25) is 5.91 Å². The van der Waals surface area contributed by atoms with Gasteiger partial charge in [-0.2, -0.15) is 0 Å². The Morgan fingerprint density at radius 1 is 1.22 bits per heavy atom. The van der Waals surface area contributed by atoms with Crippen LogP contribution in [0.5, 0.6) is 0 Å². The average molecular weight is 337 g/mol. The predicted octanol–water partition coefficient (Wildman–Crippen LogP) is 3.71. The van der Waals surface area contributed by atoms with Gasteiger partial charge in [-0.05, 0) is 42.6 Å². The summed E-state index contributed by atoms with van der Waals surface area (Å²) in [5.41, 5.74) is 6.97. The molecule has 4 heteroatoms. The van der Waals surface area contributed by atoms with Crippen LogP contribution in [-0.2, 0) is 10.3 Å². The van der Waals surface area contributed by atoms with Crippen LogP contribution in [0, 0.1) is 10.8 Å². The molecule has 3 rings (SSSR count). The molecule has 1 aliphatic heterocycles. The minimum Gasteiger partial charge on any atom is -0.337 e. The Balaban J connectivity index is 0.00000192. The fraction of sp³-hybridized carbons (Fsp3) is 0.632. The Kier molecular flexibility index (Phi) is 4.60. The second kappa shape index (κ2) is 5.78. The number of benzene rings is 1. The molecule has 3 unspecified atom stereocenters. The zero-order valence-corrected chi connectivity index (χ0v) is 15.5. The van der Waals surface area contributed by atoms with E-state index in [1.165, 1.54) is 6.42 Å². The molecule has 1 aliphatic carbocycles. The quantitative estimate of drug-likeness (QED) is 0.894. The molecule has 1 aromatic rings. The molecule has 1 saturated carbocycles. The van der Waals surface area contributed by atoms with Crippen LogP contribution in [0.2, 0.25) is 0 Å². The maximum absolute atomic E-state index is 13.2. The largest absolute Gasteiger partial charge is 0.337 e. The highest BCUT2D eigenvalue weighted by Crippen LogP contribution is 2.53. The molecule has 128 valence electrons. The van der Waals surface area contributed by atoms with E-state index in [1.807, 2.05) is 37.3 Å². The smallest absolute Gasteiger partial charge is 0.247 e. The summed E-state index contributed by atoms with van der Waals surface area (Å²) in [4.78, 5) is 15.2. The minimum atomic E-state index is -0.945. The van der Waals surface area contributed by atoms with E-state index in [1.54, 1.807) is 0 Å². The lowest BCUT2D eigenvalue weighted by molar-refractivity contribution is -0.138. The molecule has 1 aromatic carbocycles. The fourth-order valence-electron chi connectivity index (χ4n) is 4.90. The molecule has 0 spiro atoms. The van der Waals surface area contributed by atoms with Gasteiger partial charge < -0.3 is 10.6 Å². The zero-order valence-electron chi connectivity index (χ0n) is 14.6. The number of likely N-dealkylation sites (tertiary alicyclic amines) is 1. The number of carbonyl (C=O) groups excluding carboxylic acids is 1. The Bertz CT molecular complexity index is 584. The van der Waals surface area contributed by atoms with Gasteiger partial charge in [0, 0.05) is 12.6 Å². The fourth-order valence-corrected chi connectivity index (χ4v) is 4.90. The van der Waals surface area contributed by atoms with Crippen molar-refractivity contribution in [2.75, 3.05) is 6.54 Å². The first-order valence-corrected chi connectivity index (χ1v) is 8.29. The first-order valence-electron chi connectivity index (χ1n) is 8.29. The van der Waals surface area contributed by atoms with Crippen molar-refractivity contribution in [3.05, 3.63) is 35.9 Å². The van der Waals surface area contributed by atoms with E-state index >= 15 is 0 Å². The number of hydrogen-bond donors (Lipinski definition) is 1. The summed E-state index contributed by atoms with van der Waals surface area (Å²) in [6, 6.07) is 10.1. The van der Waals surface area contributed by atoms with Crippen LogP contribution in [-0.4, -0.2) is 23.4 Å². The van der Waals surface area contributed by atoms with E-state index in [0.717, 1.165) is 24.9 Å². The lowest BCUT2D eigenvalue weighted by Crippen LogP contribution is -2.52. The van der Waals surface area contributed by atoms with Crippen molar-refractivity contribution in [1.82, 2.24) is 4.90 Å². The summed E-state index contributed by atoms with van der Waals surface area (Å²) in [5.74, 6) is 0.0742. The molecule has 2 aliphatic rings. The van der Waals surface area contributed by atoms with E-state index in [4.69, 9.17) is 5.73 Å². The number of carbonyl (C=O) groups is 1. The van der Waals surface area contributed by atoms with Crippen molar-refractivity contribution in [1.29, 1.82) is 0 Å². The number of nitrogens with zero attached hydrogens (tertiary/aromatic N) is 1. The molecule has 0 aromatic heterocycles. The van der Waals surface area contributed by atoms with E-state index in [0.29, 0.717) is 11.5 Å². The zero-order chi connectivity index (χ0) is 16.2. The Hall–Kier alpha value is -1.06. The Labute approximate surface area is 146 Å². The Morgan fingerprint density at radius 2 is 1.83 bits per heavy atom. The number of halogens is 1. The highest BCUT2D eigenvalue weighted by molar-refractivity contribution is 5.87. The lowest BCUT2D eigenvalue weighted by atomic mass is 9.65. The van der Waals surface area contributed by atoms with Crippen molar-refractivity contribution in [3.8, 4) is 0 Å². The van der Waals surface area contributed by atoms with Crippen LogP contribution in [0.15, 0.2) is 30.3 Å². The highest BCUT2D eigenvalue weighted by atomic mass is 35.5. The van der Waals surface area contributed by atoms with Gasteiger partial charge in [0.25, 0.3) is 0 Å². The third kappa shape index (κ3) is 3.27. The minimum absolute atomic E-state index is 0.